The molecule has 1 unspecified atom stereocenters. The molecule has 10 heteroatoms. The minimum absolute atomic E-state index is 0.0376. The predicted octanol–water partition coefficient (Wildman–Crippen LogP) is 4.57. The van der Waals surface area contributed by atoms with Gasteiger partial charge in [0.05, 0.1) is 29.5 Å². The van der Waals surface area contributed by atoms with E-state index in [-0.39, 0.29) is 23.5 Å². The molecule has 178 valence electrons. The van der Waals surface area contributed by atoms with Gasteiger partial charge in [-0.15, -0.1) is 0 Å². The number of fused-ring (bicyclic) bond motifs is 1. The summed E-state index contributed by atoms with van der Waals surface area (Å²) < 4.78 is 46.4. The van der Waals surface area contributed by atoms with Crippen LogP contribution in [0.2, 0.25) is 0 Å². The molecule has 0 radical (unpaired) electrons. The molecule has 0 bridgehead atoms. The van der Waals surface area contributed by atoms with Crippen LogP contribution in [0.5, 0.6) is 5.75 Å². The van der Waals surface area contributed by atoms with Crippen LogP contribution in [0.1, 0.15) is 43.4 Å². The van der Waals surface area contributed by atoms with E-state index in [4.69, 9.17) is 22.2 Å². The average molecular weight is 490 g/mol. The Morgan fingerprint density at radius 3 is 2.59 bits per heavy atom. The molecule has 1 atom stereocenters. The largest absolute Gasteiger partial charge is 0.488 e. The zero-order valence-electron chi connectivity index (χ0n) is 18.5. The number of aliphatic hydroxyl groups is 1. The smallest absolute Gasteiger partial charge is 0.417 e. The van der Waals surface area contributed by atoms with Crippen molar-refractivity contribution in [3.05, 3.63) is 53.1 Å². The highest BCUT2D eigenvalue weighted by atomic mass is 32.1. The van der Waals surface area contributed by atoms with E-state index in [2.05, 4.69) is 0 Å². The highest BCUT2D eigenvalue weighted by Crippen LogP contribution is 2.41. The van der Waals surface area contributed by atoms with E-state index in [0.717, 1.165) is 29.0 Å². The van der Waals surface area contributed by atoms with Gasteiger partial charge in [-0.2, -0.15) is 18.4 Å². The van der Waals surface area contributed by atoms with Crippen molar-refractivity contribution in [2.24, 2.45) is 0 Å². The molecule has 2 heterocycles. The van der Waals surface area contributed by atoms with Crippen molar-refractivity contribution in [1.29, 1.82) is 5.26 Å². The van der Waals surface area contributed by atoms with Gasteiger partial charge in [-0.25, -0.2) is 0 Å². The number of ether oxygens (including phenoxy) is 1. The summed E-state index contributed by atoms with van der Waals surface area (Å²) in [6.07, 6.45) is -2.81. The molecule has 2 aromatic rings. The molecule has 6 nitrogen and oxygen atoms in total. The van der Waals surface area contributed by atoms with Gasteiger partial charge < -0.3 is 14.7 Å². The van der Waals surface area contributed by atoms with Crippen molar-refractivity contribution in [1.82, 2.24) is 0 Å². The second-order valence-electron chi connectivity index (χ2n) is 8.76. The van der Waals surface area contributed by atoms with Gasteiger partial charge in [0.2, 0.25) is 0 Å². The van der Waals surface area contributed by atoms with Crippen molar-refractivity contribution in [3.63, 3.8) is 0 Å². The Balaban J connectivity index is 1.74. The number of halogens is 3. The first-order chi connectivity index (χ1) is 16.0. The van der Waals surface area contributed by atoms with Crippen LogP contribution in [-0.4, -0.2) is 34.4 Å². The van der Waals surface area contributed by atoms with Gasteiger partial charge in [0, 0.05) is 5.69 Å². The minimum Gasteiger partial charge on any atom is -0.488 e. The number of aliphatic hydroxyl groups excluding tert-OH is 1. The summed E-state index contributed by atoms with van der Waals surface area (Å²) in [6, 6.07) is 10.0. The van der Waals surface area contributed by atoms with E-state index >= 15 is 0 Å². The lowest BCUT2D eigenvalue weighted by Crippen LogP contribution is -2.44. The molecular formula is C24H22F3N3O3S. The Hall–Kier alpha value is -3.16. The zero-order valence-corrected chi connectivity index (χ0v) is 19.3. The molecule has 2 aliphatic rings. The first kappa shape index (κ1) is 24.0. The summed E-state index contributed by atoms with van der Waals surface area (Å²) in [4.78, 5) is 16.1. The lowest BCUT2D eigenvalue weighted by atomic mass is 10.0. The van der Waals surface area contributed by atoms with E-state index in [0.29, 0.717) is 24.3 Å². The maximum absolute atomic E-state index is 13.5. The summed E-state index contributed by atoms with van der Waals surface area (Å²) in [6.45, 7) is 3.22. The lowest BCUT2D eigenvalue weighted by Gasteiger charge is -2.30. The molecule has 0 spiro atoms. The van der Waals surface area contributed by atoms with Crippen LogP contribution < -0.4 is 14.5 Å². The predicted molar refractivity (Wildman–Crippen MR) is 124 cm³/mol. The van der Waals surface area contributed by atoms with E-state index in [9.17, 15) is 23.1 Å². The fraction of sp³-hybridized carbons (Fsp3) is 0.375. The summed E-state index contributed by atoms with van der Waals surface area (Å²) in [7, 11) is 0. The second-order valence-corrected chi connectivity index (χ2v) is 9.13. The number of anilines is 2. The van der Waals surface area contributed by atoms with Gasteiger partial charge >= 0.3 is 6.18 Å². The van der Waals surface area contributed by atoms with Gasteiger partial charge in [-0.05, 0) is 87.3 Å². The molecule has 34 heavy (non-hydrogen) atoms. The fourth-order valence-corrected chi connectivity index (χ4v) is 4.88. The molecule has 0 saturated carbocycles. The maximum Gasteiger partial charge on any atom is 0.417 e. The monoisotopic (exact) mass is 489 g/mol. The van der Waals surface area contributed by atoms with Crippen LogP contribution >= 0.6 is 12.2 Å². The topological polar surface area (TPSA) is 76.8 Å². The highest BCUT2D eigenvalue weighted by molar-refractivity contribution is 7.81. The zero-order chi connectivity index (χ0) is 24.8. The quantitative estimate of drug-likeness (QED) is 0.637. The standard InChI is InChI=1S/C24H22F3N3O3S/c1-23(2)21(32)29(16-7-6-15(12-28)19(11-16)24(25,26)27)22(34)30(23)17-8-9-20-14(10-17)4-3-5-18(13-31)33-20/h6-11,18,31H,3-5,13H2,1-2H3. The van der Waals surface area contributed by atoms with Gasteiger partial charge in [0.25, 0.3) is 5.91 Å². The second kappa shape index (κ2) is 8.56. The number of alkyl halides is 3. The summed E-state index contributed by atoms with van der Waals surface area (Å²) >= 11 is 5.59. The Labute approximate surface area is 200 Å². The third-order valence-corrected chi connectivity index (χ3v) is 6.49. The number of amides is 1. The molecule has 1 amide bonds. The summed E-state index contributed by atoms with van der Waals surface area (Å²) in [5.41, 5.74) is -1.37. The van der Waals surface area contributed by atoms with E-state index in [1.54, 1.807) is 36.9 Å². The van der Waals surface area contributed by atoms with Gasteiger partial charge in [-0.1, -0.05) is 0 Å². The molecule has 1 fully saturated rings. The molecule has 2 aliphatic heterocycles. The number of nitrogens with zero attached hydrogens (tertiary/aromatic N) is 3. The Morgan fingerprint density at radius 1 is 1.24 bits per heavy atom. The minimum atomic E-state index is -4.76. The summed E-state index contributed by atoms with van der Waals surface area (Å²) in [5, 5.41) is 18.6. The van der Waals surface area contributed by atoms with Gasteiger partial charge in [0.1, 0.15) is 17.4 Å². The number of benzene rings is 2. The van der Waals surface area contributed by atoms with Crippen molar-refractivity contribution in [2.45, 2.75) is 50.9 Å². The molecule has 2 aromatic carbocycles. The Kier molecular flexibility index (Phi) is 6.04. The Bertz CT molecular complexity index is 1210. The third-order valence-electron chi connectivity index (χ3n) is 6.13. The number of nitriles is 1. The van der Waals surface area contributed by atoms with Crippen LogP contribution in [0.15, 0.2) is 36.4 Å². The van der Waals surface area contributed by atoms with E-state index in [1.807, 2.05) is 6.07 Å². The van der Waals surface area contributed by atoms with E-state index < -0.39 is 28.7 Å². The van der Waals surface area contributed by atoms with Gasteiger partial charge in [0.15, 0.2) is 5.11 Å². The van der Waals surface area contributed by atoms with Crippen molar-refractivity contribution in [3.8, 4) is 11.8 Å². The highest BCUT2D eigenvalue weighted by Gasteiger charge is 2.50. The normalized spacial score (nSPS) is 20.0. The third kappa shape index (κ3) is 3.99. The average Bonchev–Trinajstić information content (AvgIpc) is 2.92. The fourth-order valence-electron chi connectivity index (χ4n) is 4.36. The number of rotatable bonds is 3. The molecule has 1 saturated heterocycles. The van der Waals surface area contributed by atoms with Crippen LogP contribution in [0, 0.1) is 11.3 Å². The van der Waals surface area contributed by atoms with Crippen LogP contribution in [0.3, 0.4) is 0 Å². The van der Waals surface area contributed by atoms with Crippen LogP contribution in [0.25, 0.3) is 0 Å². The van der Waals surface area contributed by atoms with Crippen molar-refractivity contribution < 1.29 is 27.8 Å². The molecule has 4 rings (SSSR count). The maximum atomic E-state index is 13.5. The van der Waals surface area contributed by atoms with Crippen LogP contribution in [-0.2, 0) is 17.4 Å². The number of carbonyl (C=O) groups is 1. The van der Waals surface area contributed by atoms with Crippen molar-refractivity contribution in [2.75, 3.05) is 16.4 Å². The van der Waals surface area contributed by atoms with Crippen molar-refractivity contribution >= 4 is 34.6 Å². The molecular weight excluding hydrogens is 467 g/mol. The Morgan fingerprint density at radius 2 is 1.94 bits per heavy atom. The number of hydrogen-bond acceptors (Lipinski definition) is 5. The summed E-state index contributed by atoms with van der Waals surface area (Å²) in [5.74, 6) is 0.162. The lowest BCUT2D eigenvalue weighted by molar-refractivity contribution is -0.137. The number of hydrogen-bond donors (Lipinski definition) is 1. The number of thiocarbonyl (C=S) groups is 1. The van der Waals surface area contributed by atoms with Gasteiger partial charge in [-0.3, -0.25) is 9.69 Å². The number of carbonyl (C=O) groups excluding carboxylic acids is 1. The number of aryl methyl sites for hydroxylation is 1. The van der Waals surface area contributed by atoms with E-state index in [1.165, 1.54) is 6.07 Å². The first-order valence-corrected chi connectivity index (χ1v) is 11.1. The molecule has 0 aliphatic carbocycles. The molecule has 0 aromatic heterocycles. The SMILES string of the molecule is CC1(C)C(=O)N(c2ccc(C#N)c(C(F)(F)F)c2)C(=S)N1c1ccc2c(c1)CCCC(CO)O2. The first-order valence-electron chi connectivity index (χ1n) is 10.7. The van der Waals surface area contributed by atoms with Crippen LogP contribution in [0.4, 0.5) is 24.5 Å². The molecule has 1 N–H and O–H groups in total.